The highest BCUT2D eigenvalue weighted by molar-refractivity contribution is 7.21. The Morgan fingerprint density at radius 3 is 2.43 bits per heavy atom. The van der Waals surface area contributed by atoms with Crippen molar-refractivity contribution in [3.63, 3.8) is 0 Å². The molecular weight excluding hydrogens is 420 g/mol. The lowest BCUT2D eigenvalue weighted by molar-refractivity contribution is -0.0586. The number of benzene rings is 2. The maximum absolute atomic E-state index is 12.8. The number of hydrogen-bond donors (Lipinski definition) is 1. The molecule has 4 rings (SSSR count). The SMILES string of the molecule is CC1CN(C(=O)c2ccc(CNC(=O)c3sc4ccccc4c3Cl)cc2)CC(C)O1. The largest absolute Gasteiger partial charge is 0.372 e. The molecule has 1 N–H and O–H groups in total. The second-order valence-corrected chi connectivity index (χ2v) is 9.02. The number of nitrogens with zero attached hydrogens (tertiary/aromatic N) is 1. The summed E-state index contributed by atoms with van der Waals surface area (Å²) in [4.78, 5) is 27.7. The first kappa shape index (κ1) is 20.8. The van der Waals surface area contributed by atoms with E-state index in [-0.39, 0.29) is 24.0 Å². The number of ether oxygens (including phenoxy) is 1. The van der Waals surface area contributed by atoms with E-state index in [1.54, 1.807) is 12.1 Å². The van der Waals surface area contributed by atoms with Crippen LogP contribution in [-0.2, 0) is 11.3 Å². The fourth-order valence-electron chi connectivity index (χ4n) is 3.71. The van der Waals surface area contributed by atoms with E-state index in [1.165, 1.54) is 11.3 Å². The van der Waals surface area contributed by atoms with Crippen LogP contribution in [0.5, 0.6) is 0 Å². The monoisotopic (exact) mass is 442 g/mol. The first-order valence-corrected chi connectivity index (χ1v) is 11.1. The fourth-order valence-corrected chi connectivity index (χ4v) is 5.15. The van der Waals surface area contributed by atoms with Crippen molar-refractivity contribution >= 4 is 44.8 Å². The van der Waals surface area contributed by atoms with E-state index in [1.807, 2.05) is 55.1 Å². The predicted octanol–water partition coefficient (Wildman–Crippen LogP) is 4.73. The van der Waals surface area contributed by atoms with E-state index < -0.39 is 0 Å². The van der Waals surface area contributed by atoms with Gasteiger partial charge in [-0.05, 0) is 37.6 Å². The topological polar surface area (TPSA) is 58.6 Å². The molecule has 0 spiro atoms. The molecule has 156 valence electrons. The lowest BCUT2D eigenvalue weighted by Gasteiger charge is -2.35. The minimum atomic E-state index is -0.197. The Morgan fingerprint density at radius 1 is 1.10 bits per heavy atom. The third-order valence-electron chi connectivity index (χ3n) is 5.10. The summed E-state index contributed by atoms with van der Waals surface area (Å²) in [6.45, 7) is 5.51. The van der Waals surface area contributed by atoms with Crippen molar-refractivity contribution in [1.29, 1.82) is 0 Å². The van der Waals surface area contributed by atoms with Crippen molar-refractivity contribution in [2.45, 2.75) is 32.6 Å². The number of thiophene rings is 1. The maximum atomic E-state index is 12.8. The zero-order valence-corrected chi connectivity index (χ0v) is 18.4. The van der Waals surface area contributed by atoms with Gasteiger partial charge in [0.2, 0.25) is 0 Å². The highest BCUT2D eigenvalue weighted by atomic mass is 35.5. The molecule has 7 heteroatoms. The molecule has 1 fully saturated rings. The standard InChI is InChI=1S/C23H23ClN2O3S/c1-14-12-26(13-15(2)29-14)23(28)17-9-7-16(8-10-17)11-25-22(27)21-20(24)18-5-3-4-6-19(18)30-21/h3-10,14-15H,11-13H2,1-2H3,(H,25,27). The minimum absolute atomic E-state index is 0.00430. The highest BCUT2D eigenvalue weighted by Crippen LogP contribution is 2.35. The van der Waals surface area contributed by atoms with Crippen molar-refractivity contribution in [2.24, 2.45) is 0 Å². The van der Waals surface area contributed by atoms with Crippen LogP contribution in [0.4, 0.5) is 0 Å². The highest BCUT2D eigenvalue weighted by Gasteiger charge is 2.26. The number of rotatable bonds is 4. The quantitative estimate of drug-likeness (QED) is 0.635. The Hall–Kier alpha value is -2.41. The third-order valence-corrected chi connectivity index (χ3v) is 6.78. The predicted molar refractivity (Wildman–Crippen MR) is 120 cm³/mol. The molecule has 1 aliphatic rings. The van der Waals surface area contributed by atoms with Gasteiger partial charge in [0.05, 0.1) is 17.2 Å². The average molecular weight is 443 g/mol. The summed E-state index contributed by atoms with van der Waals surface area (Å²) in [6.07, 6.45) is 0.0702. The van der Waals surface area contributed by atoms with Crippen molar-refractivity contribution in [3.8, 4) is 0 Å². The normalized spacial score (nSPS) is 19.1. The molecule has 2 unspecified atom stereocenters. The van der Waals surface area contributed by atoms with Crippen molar-refractivity contribution in [1.82, 2.24) is 10.2 Å². The molecule has 2 heterocycles. The molecule has 0 aliphatic carbocycles. The molecule has 0 radical (unpaired) electrons. The second-order valence-electron chi connectivity index (χ2n) is 7.59. The average Bonchev–Trinajstić information content (AvgIpc) is 3.08. The van der Waals surface area contributed by atoms with Gasteiger partial charge in [0, 0.05) is 35.3 Å². The van der Waals surface area contributed by atoms with Gasteiger partial charge in [-0.25, -0.2) is 0 Å². The Morgan fingerprint density at radius 2 is 1.77 bits per heavy atom. The van der Waals surface area contributed by atoms with Crippen molar-refractivity contribution in [3.05, 3.63) is 69.6 Å². The van der Waals surface area contributed by atoms with Crippen LogP contribution in [0.25, 0.3) is 10.1 Å². The number of halogens is 1. The molecule has 0 bridgehead atoms. The fraction of sp³-hybridized carbons (Fsp3) is 0.304. The first-order chi connectivity index (χ1) is 14.4. The molecule has 2 aromatic carbocycles. The van der Waals surface area contributed by atoms with Gasteiger partial charge in [0.25, 0.3) is 11.8 Å². The number of nitrogens with one attached hydrogen (secondary N) is 1. The molecule has 5 nitrogen and oxygen atoms in total. The lowest BCUT2D eigenvalue weighted by atomic mass is 10.1. The van der Waals surface area contributed by atoms with Gasteiger partial charge in [0.15, 0.2) is 0 Å². The summed E-state index contributed by atoms with van der Waals surface area (Å²) >= 11 is 7.77. The van der Waals surface area contributed by atoms with Crippen LogP contribution in [0.2, 0.25) is 5.02 Å². The molecular formula is C23H23ClN2O3S. The van der Waals surface area contributed by atoms with Crippen LogP contribution in [0.1, 0.15) is 39.4 Å². The van der Waals surface area contributed by atoms with Gasteiger partial charge in [0.1, 0.15) is 4.88 Å². The number of hydrogen-bond acceptors (Lipinski definition) is 4. The van der Waals surface area contributed by atoms with Gasteiger partial charge in [-0.3, -0.25) is 9.59 Å². The summed E-state index contributed by atoms with van der Waals surface area (Å²) in [5.41, 5.74) is 1.56. The molecule has 1 aliphatic heterocycles. The van der Waals surface area contributed by atoms with E-state index in [9.17, 15) is 9.59 Å². The van der Waals surface area contributed by atoms with Gasteiger partial charge < -0.3 is 15.0 Å². The Balaban J connectivity index is 1.39. The summed E-state index contributed by atoms with van der Waals surface area (Å²) in [5.74, 6) is -0.192. The Kier molecular flexibility index (Phi) is 6.09. The molecule has 2 amide bonds. The molecule has 1 aromatic heterocycles. The number of carbonyl (C=O) groups excluding carboxylic acids is 2. The van der Waals surface area contributed by atoms with E-state index in [0.717, 1.165) is 15.6 Å². The van der Waals surface area contributed by atoms with Crippen LogP contribution < -0.4 is 5.32 Å². The summed E-state index contributed by atoms with van der Waals surface area (Å²) in [7, 11) is 0. The van der Waals surface area contributed by atoms with Crippen LogP contribution in [0.15, 0.2) is 48.5 Å². The van der Waals surface area contributed by atoms with Crippen LogP contribution in [-0.4, -0.2) is 42.0 Å². The van der Waals surface area contributed by atoms with Gasteiger partial charge >= 0.3 is 0 Å². The number of morpholine rings is 1. The summed E-state index contributed by atoms with van der Waals surface area (Å²) in [6, 6.07) is 15.1. The van der Waals surface area contributed by atoms with Crippen LogP contribution >= 0.6 is 22.9 Å². The molecule has 30 heavy (non-hydrogen) atoms. The zero-order chi connectivity index (χ0) is 21.3. The lowest BCUT2D eigenvalue weighted by Crippen LogP contribution is -2.48. The maximum Gasteiger partial charge on any atom is 0.263 e. The minimum Gasteiger partial charge on any atom is -0.372 e. The van der Waals surface area contributed by atoms with Crippen LogP contribution in [0.3, 0.4) is 0 Å². The Labute approximate surface area is 184 Å². The van der Waals surface area contributed by atoms with Gasteiger partial charge in [-0.15, -0.1) is 11.3 Å². The number of amides is 2. The summed E-state index contributed by atoms with van der Waals surface area (Å²) < 4.78 is 6.69. The summed E-state index contributed by atoms with van der Waals surface area (Å²) in [5, 5.41) is 4.30. The zero-order valence-electron chi connectivity index (χ0n) is 16.9. The van der Waals surface area contributed by atoms with Gasteiger partial charge in [-0.2, -0.15) is 0 Å². The molecule has 1 saturated heterocycles. The first-order valence-electron chi connectivity index (χ1n) is 9.91. The third kappa shape index (κ3) is 4.36. The van der Waals surface area contributed by atoms with Gasteiger partial charge in [-0.1, -0.05) is 41.9 Å². The van der Waals surface area contributed by atoms with E-state index in [4.69, 9.17) is 16.3 Å². The molecule has 3 aromatic rings. The van der Waals surface area contributed by atoms with Crippen molar-refractivity contribution < 1.29 is 14.3 Å². The molecule has 2 atom stereocenters. The van der Waals surface area contributed by atoms with Crippen molar-refractivity contribution in [2.75, 3.05) is 13.1 Å². The molecule has 0 saturated carbocycles. The van der Waals surface area contributed by atoms with E-state index in [2.05, 4.69) is 5.32 Å². The Bertz CT molecular complexity index is 1070. The number of carbonyl (C=O) groups is 2. The number of fused-ring (bicyclic) bond motifs is 1. The van der Waals surface area contributed by atoms with Crippen LogP contribution in [0, 0.1) is 0 Å². The second kappa shape index (κ2) is 8.76. The van der Waals surface area contributed by atoms with E-state index >= 15 is 0 Å². The van der Waals surface area contributed by atoms with E-state index in [0.29, 0.717) is 35.1 Å². The smallest absolute Gasteiger partial charge is 0.263 e.